The van der Waals surface area contributed by atoms with Gasteiger partial charge in [0.25, 0.3) is 0 Å². The molecule has 0 radical (unpaired) electrons. The number of carbonyl (C=O) groups is 2. The van der Waals surface area contributed by atoms with Crippen LogP contribution in [-0.2, 0) is 4.74 Å². The summed E-state index contributed by atoms with van der Waals surface area (Å²) in [7, 11) is 1.44. The Morgan fingerprint density at radius 1 is 1.35 bits per heavy atom. The van der Waals surface area contributed by atoms with E-state index in [-0.39, 0.29) is 23.5 Å². The van der Waals surface area contributed by atoms with Crippen LogP contribution in [0.25, 0.3) is 11.0 Å². The summed E-state index contributed by atoms with van der Waals surface area (Å²) in [5.74, 6) is -1.37. The quantitative estimate of drug-likeness (QED) is 0.865. The molecule has 1 N–H and O–H groups in total. The molecule has 0 atom stereocenters. The Morgan fingerprint density at radius 3 is 2.60 bits per heavy atom. The fraction of sp³-hybridized carbons (Fsp3) is 0.286. The fourth-order valence-corrected chi connectivity index (χ4v) is 2.06. The van der Waals surface area contributed by atoms with Gasteiger partial charge in [-0.3, -0.25) is 0 Å². The predicted molar refractivity (Wildman–Crippen MR) is 70.4 cm³/mol. The first-order valence-electron chi connectivity index (χ1n) is 6.01. The molecule has 1 aromatic heterocycles. The highest BCUT2D eigenvalue weighted by Crippen LogP contribution is 2.35. The number of methoxy groups -OCH3 is 1. The maximum Gasteiger partial charge on any atom is 0.374 e. The van der Waals surface area contributed by atoms with Crippen LogP contribution < -0.4 is 4.74 Å². The second kappa shape index (κ2) is 5.24. The van der Waals surface area contributed by atoms with Gasteiger partial charge in [0.15, 0.2) is 11.3 Å². The molecule has 106 valence electrons. The summed E-state index contributed by atoms with van der Waals surface area (Å²) in [5.41, 5.74) is 0.709. The lowest BCUT2D eigenvalue weighted by molar-refractivity contribution is 0.0491. The van der Waals surface area contributed by atoms with E-state index in [9.17, 15) is 14.7 Å². The summed E-state index contributed by atoms with van der Waals surface area (Å²) in [6, 6.07) is 2.91. The van der Waals surface area contributed by atoms with E-state index in [2.05, 4.69) is 0 Å². The second-order valence-corrected chi connectivity index (χ2v) is 4.10. The van der Waals surface area contributed by atoms with Gasteiger partial charge in [0, 0.05) is 10.9 Å². The molecule has 0 aliphatic rings. The highest BCUT2D eigenvalue weighted by Gasteiger charge is 2.25. The van der Waals surface area contributed by atoms with Gasteiger partial charge < -0.3 is 19.0 Å². The maximum absolute atomic E-state index is 11.8. The minimum Gasteiger partial charge on any atom is -0.493 e. The zero-order valence-corrected chi connectivity index (χ0v) is 11.4. The van der Waals surface area contributed by atoms with E-state index >= 15 is 0 Å². The number of esters is 1. The molecule has 0 aliphatic heterocycles. The van der Waals surface area contributed by atoms with E-state index in [0.29, 0.717) is 16.7 Å². The number of hydrogen-bond acceptors (Lipinski definition) is 5. The van der Waals surface area contributed by atoms with E-state index in [0.717, 1.165) is 0 Å². The predicted octanol–water partition coefficient (Wildman–Crippen LogP) is 2.62. The lowest BCUT2D eigenvalue weighted by Gasteiger charge is -2.02. The van der Waals surface area contributed by atoms with Crippen molar-refractivity contribution in [3.8, 4) is 5.75 Å². The Bertz CT molecular complexity index is 683. The van der Waals surface area contributed by atoms with Crippen LogP contribution >= 0.6 is 0 Å². The van der Waals surface area contributed by atoms with Gasteiger partial charge >= 0.3 is 11.9 Å². The average Bonchev–Trinajstić information content (AvgIpc) is 2.76. The van der Waals surface area contributed by atoms with Crippen molar-refractivity contribution in [2.75, 3.05) is 13.7 Å². The molecular weight excluding hydrogens is 264 g/mol. The van der Waals surface area contributed by atoms with Crippen molar-refractivity contribution in [1.82, 2.24) is 0 Å². The zero-order chi connectivity index (χ0) is 14.9. The first-order valence-corrected chi connectivity index (χ1v) is 6.01. The van der Waals surface area contributed by atoms with Gasteiger partial charge in [-0.2, -0.15) is 0 Å². The molecule has 0 aliphatic carbocycles. The number of aryl methyl sites for hydroxylation is 1. The van der Waals surface area contributed by atoms with Crippen molar-refractivity contribution in [3.05, 3.63) is 29.0 Å². The van der Waals surface area contributed by atoms with Crippen molar-refractivity contribution < 1.29 is 28.6 Å². The number of carbonyl (C=O) groups excluding carboxylic acids is 1. The Kier molecular flexibility index (Phi) is 3.65. The monoisotopic (exact) mass is 278 g/mol. The molecule has 0 fully saturated rings. The Balaban J connectivity index is 2.77. The fourth-order valence-electron chi connectivity index (χ4n) is 2.06. The second-order valence-electron chi connectivity index (χ2n) is 4.10. The normalized spacial score (nSPS) is 10.6. The molecule has 20 heavy (non-hydrogen) atoms. The van der Waals surface area contributed by atoms with Gasteiger partial charge in [0.2, 0.25) is 5.76 Å². The first-order chi connectivity index (χ1) is 9.51. The Labute approximate surface area is 114 Å². The highest BCUT2D eigenvalue weighted by atomic mass is 16.5. The number of aromatic carboxylic acids is 1. The SMILES string of the molecule is CCOC(=O)c1oc2c(OC)ccc(C(=O)O)c2c1C. The molecule has 0 amide bonds. The third kappa shape index (κ3) is 2.09. The molecule has 0 saturated heterocycles. The third-order valence-electron chi connectivity index (χ3n) is 2.95. The first kappa shape index (κ1) is 13.9. The lowest BCUT2D eigenvalue weighted by Crippen LogP contribution is -2.04. The minimum atomic E-state index is -1.10. The van der Waals surface area contributed by atoms with Crippen LogP contribution in [0.1, 0.15) is 33.4 Å². The van der Waals surface area contributed by atoms with Crippen molar-refractivity contribution in [2.45, 2.75) is 13.8 Å². The zero-order valence-electron chi connectivity index (χ0n) is 11.4. The van der Waals surface area contributed by atoms with E-state index in [1.54, 1.807) is 13.8 Å². The van der Waals surface area contributed by atoms with Gasteiger partial charge in [-0.15, -0.1) is 0 Å². The van der Waals surface area contributed by atoms with Crippen LogP contribution in [0, 0.1) is 6.92 Å². The molecule has 0 saturated carbocycles. The van der Waals surface area contributed by atoms with Gasteiger partial charge in [-0.25, -0.2) is 9.59 Å². The van der Waals surface area contributed by atoms with Crippen LogP contribution in [0.3, 0.4) is 0 Å². The summed E-state index contributed by atoms with van der Waals surface area (Å²) in [6.45, 7) is 3.50. The molecule has 6 heteroatoms. The summed E-state index contributed by atoms with van der Waals surface area (Å²) in [4.78, 5) is 23.1. The van der Waals surface area contributed by atoms with Crippen LogP contribution in [0.4, 0.5) is 0 Å². The van der Waals surface area contributed by atoms with Crippen molar-refractivity contribution in [3.63, 3.8) is 0 Å². The Hall–Kier alpha value is -2.50. The molecule has 2 rings (SSSR count). The maximum atomic E-state index is 11.8. The van der Waals surface area contributed by atoms with Crippen LogP contribution in [0.15, 0.2) is 16.5 Å². The van der Waals surface area contributed by atoms with E-state index in [4.69, 9.17) is 13.9 Å². The number of carboxylic acids is 1. The van der Waals surface area contributed by atoms with Crippen LogP contribution in [0.5, 0.6) is 5.75 Å². The van der Waals surface area contributed by atoms with Crippen LogP contribution in [-0.4, -0.2) is 30.8 Å². The minimum absolute atomic E-state index is 0.00569. The number of ether oxygens (including phenoxy) is 2. The van der Waals surface area contributed by atoms with Gasteiger partial charge in [-0.1, -0.05) is 0 Å². The summed E-state index contributed by atoms with van der Waals surface area (Å²) in [5, 5.41) is 9.57. The molecular formula is C14H14O6. The lowest BCUT2D eigenvalue weighted by atomic mass is 10.1. The number of rotatable bonds is 4. The summed E-state index contributed by atoms with van der Waals surface area (Å²) in [6.07, 6.45) is 0. The number of hydrogen-bond donors (Lipinski definition) is 1. The largest absolute Gasteiger partial charge is 0.493 e. The van der Waals surface area contributed by atoms with Crippen LogP contribution in [0.2, 0.25) is 0 Å². The van der Waals surface area contributed by atoms with Crippen molar-refractivity contribution >= 4 is 22.9 Å². The molecule has 1 heterocycles. The van der Waals surface area contributed by atoms with E-state index < -0.39 is 11.9 Å². The van der Waals surface area contributed by atoms with Gasteiger partial charge in [0.05, 0.1) is 19.3 Å². The highest BCUT2D eigenvalue weighted by molar-refractivity contribution is 6.08. The molecule has 1 aromatic carbocycles. The summed E-state index contributed by atoms with van der Waals surface area (Å²) < 4.78 is 15.5. The average molecular weight is 278 g/mol. The third-order valence-corrected chi connectivity index (χ3v) is 2.95. The molecule has 0 spiro atoms. The summed E-state index contributed by atoms with van der Waals surface area (Å²) >= 11 is 0. The number of carboxylic acid groups (broad SMARTS) is 1. The number of furan rings is 1. The number of benzene rings is 1. The molecule has 2 aromatic rings. The van der Waals surface area contributed by atoms with Gasteiger partial charge in [0.1, 0.15) is 0 Å². The molecule has 0 unspecified atom stereocenters. The van der Waals surface area contributed by atoms with E-state index in [1.807, 2.05) is 0 Å². The topological polar surface area (TPSA) is 86.0 Å². The molecule has 6 nitrogen and oxygen atoms in total. The number of fused-ring (bicyclic) bond motifs is 1. The standard InChI is InChI=1S/C14H14O6/c1-4-19-14(17)11-7(2)10-8(13(15)16)5-6-9(18-3)12(10)20-11/h5-6H,4H2,1-3H3,(H,15,16). The van der Waals surface area contributed by atoms with Crippen molar-refractivity contribution in [1.29, 1.82) is 0 Å². The smallest absolute Gasteiger partial charge is 0.374 e. The van der Waals surface area contributed by atoms with E-state index in [1.165, 1.54) is 19.2 Å². The van der Waals surface area contributed by atoms with Crippen molar-refractivity contribution in [2.24, 2.45) is 0 Å². The van der Waals surface area contributed by atoms with Gasteiger partial charge in [-0.05, 0) is 26.0 Å². The molecule has 0 bridgehead atoms. The Morgan fingerprint density at radius 2 is 2.05 bits per heavy atom.